The van der Waals surface area contributed by atoms with Crippen molar-refractivity contribution >= 4 is 0 Å². The van der Waals surface area contributed by atoms with Crippen LogP contribution in [0.1, 0.15) is 29.7 Å². The number of hydrogen-bond acceptors (Lipinski definition) is 2. The van der Waals surface area contributed by atoms with E-state index in [0.29, 0.717) is 5.75 Å². The predicted molar refractivity (Wildman–Crippen MR) is 73.1 cm³/mol. The molecular weight excluding hydrogens is 224 g/mol. The van der Waals surface area contributed by atoms with E-state index in [0.717, 1.165) is 16.9 Å². The Kier molecular flexibility index (Phi) is 3.68. The number of aryl methyl sites for hydroxylation is 2. The molecule has 0 spiro atoms. The molecule has 2 rings (SSSR count). The molecule has 0 heterocycles. The smallest absolute Gasteiger partial charge is 0.133 e. The minimum Gasteiger partial charge on any atom is -0.457 e. The Bertz CT molecular complexity index is 545. The van der Waals surface area contributed by atoms with Crippen LogP contribution >= 0.6 is 0 Å². The van der Waals surface area contributed by atoms with Gasteiger partial charge in [-0.25, -0.2) is 0 Å². The average molecular weight is 242 g/mol. The second kappa shape index (κ2) is 5.23. The van der Waals surface area contributed by atoms with Gasteiger partial charge in [-0.3, -0.25) is 0 Å². The molecular formula is C16H18O2. The highest BCUT2D eigenvalue weighted by Crippen LogP contribution is 2.31. The molecule has 0 bridgehead atoms. The first-order chi connectivity index (χ1) is 8.58. The lowest BCUT2D eigenvalue weighted by Gasteiger charge is -2.14. The summed E-state index contributed by atoms with van der Waals surface area (Å²) in [6.45, 7) is 5.82. The maximum Gasteiger partial charge on any atom is 0.133 e. The zero-order valence-corrected chi connectivity index (χ0v) is 11.0. The molecule has 2 aromatic carbocycles. The topological polar surface area (TPSA) is 29.5 Å². The minimum atomic E-state index is -0.535. The highest BCUT2D eigenvalue weighted by Gasteiger charge is 2.10. The van der Waals surface area contributed by atoms with Crippen molar-refractivity contribution in [1.82, 2.24) is 0 Å². The molecule has 2 nitrogen and oxygen atoms in total. The minimum absolute atomic E-state index is 0.535. The van der Waals surface area contributed by atoms with E-state index in [1.807, 2.05) is 43.3 Å². The van der Waals surface area contributed by atoms with Gasteiger partial charge in [-0.1, -0.05) is 35.9 Å². The number of aliphatic hydroxyl groups excluding tert-OH is 1. The van der Waals surface area contributed by atoms with Gasteiger partial charge >= 0.3 is 0 Å². The van der Waals surface area contributed by atoms with Crippen molar-refractivity contribution in [3.8, 4) is 11.5 Å². The van der Waals surface area contributed by atoms with E-state index in [4.69, 9.17) is 4.74 Å². The second-order valence-electron chi connectivity index (χ2n) is 4.58. The summed E-state index contributed by atoms with van der Waals surface area (Å²) < 4.78 is 5.90. The number of para-hydroxylation sites is 1. The van der Waals surface area contributed by atoms with Gasteiger partial charge in [0.25, 0.3) is 0 Å². The van der Waals surface area contributed by atoms with Crippen LogP contribution in [-0.4, -0.2) is 5.11 Å². The molecule has 18 heavy (non-hydrogen) atoms. The first-order valence-electron chi connectivity index (χ1n) is 6.10. The largest absolute Gasteiger partial charge is 0.457 e. The molecule has 2 heteroatoms. The first-order valence-corrected chi connectivity index (χ1v) is 6.10. The Labute approximate surface area is 108 Å². The Morgan fingerprint density at radius 3 is 2.39 bits per heavy atom. The maximum absolute atomic E-state index is 9.72. The molecule has 0 aliphatic heterocycles. The fraction of sp³-hybridized carbons (Fsp3) is 0.250. The van der Waals surface area contributed by atoms with Crippen LogP contribution < -0.4 is 4.74 Å². The molecule has 0 radical (unpaired) electrons. The monoisotopic (exact) mass is 242 g/mol. The summed E-state index contributed by atoms with van der Waals surface area (Å²) in [6, 6.07) is 13.6. The third kappa shape index (κ3) is 2.71. The van der Waals surface area contributed by atoms with Crippen molar-refractivity contribution < 1.29 is 9.84 Å². The van der Waals surface area contributed by atoms with Gasteiger partial charge in [-0.15, -0.1) is 0 Å². The Balaban J connectivity index is 2.34. The van der Waals surface area contributed by atoms with Gasteiger partial charge in [-0.05, 0) is 38.5 Å². The molecule has 1 N–H and O–H groups in total. The lowest BCUT2D eigenvalue weighted by molar-refractivity contribution is 0.195. The summed E-state index contributed by atoms with van der Waals surface area (Å²) in [7, 11) is 0. The molecule has 0 unspecified atom stereocenters. The third-order valence-electron chi connectivity index (χ3n) is 2.92. The molecule has 1 atom stereocenters. The van der Waals surface area contributed by atoms with Crippen molar-refractivity contribution in [3.63, 3.8) is 0 Å². The summed E-state index contributed by atoms with van der Waals surface area (Å²) in [5.74, 6) is 1.54. The lowest BCUT2D eigenvalue weighted by atomic mass is 10.1. The van der Waals surface area contributed by atoms with Crippen LogP contribution in [0.25, 0.3) is 0 Å². The van der Waals surface area contributed by atoms with Crippen molar-refractivity contribution in [3.05, 3.63) is 59.2 Å². The van der Waals surface area contributed by atoms with Crippen molar-refractivity contribution in [2.24, 2.45) is 0 Å². The number of hydrogen-bond donors (Lipinski definition) is 1. The highest BCUT2D eigenvalue weighted by molar-refractivity contribution is 5.42. The summed E-state index contributed by atoms with van der Waals surface area (Å²) >= 11 is 0. The van der Waals surface area contributed by atoms with Gasteiger partial charge in [0.05, 0.1) is 6.10 Å². The summed E-state index contributed by atoms with van der Waals surface area (Å²) in [4.78, 5) is 0. The van der Waals surface area contributed by atoms with Gasteiger partial charge in [-0.2, -0.15) is 0 Å². The van der Waals surface area contributed by atoms with E-state index in [9.17, 15) is 5.11 Å². The van der Waals surface area contributed by atoms with Crippen LogP contribution in [0.3, 0.4) is 0 Å². The maximum atomic E-state index is 9.72. The quantitative estimate of drug-likeness (QED) is 0.876. The fourth-order valence-electron chi connectivity index (χ4n) is 1.95. The predicted octanol–water partition coefficient (Wildman–Crippen LogP) is 4.15. The standard InChI is InChI=1S/C16H18O2/c1-11-8-9-15(12(2)10-11)18-16-7-5-4-6-14(16)13(3)17/h4-10,13,17H,1-3H3/t13-/m1/s1. The van der Waals surface area contributed by atoms with Gasteiger partial charge < -0.3 is 9.84 Å². The normalized spacial score (nSPS) is 12.2. The van der Waals surface area contributed by atoms with Gasteiger partial charge in [0.2, 0.25) is 0 Å². The summed E-state index contributed by atoms with van der Waals surface area (Å²) in [5, 5.41) is 9.72. The summed E-state index contributed by atoms with van der Waals surface area (Å²) in [6.07, 6.45) is -0.535. The van der Waals surface area contributed by atoms with E-state index in [1.54, 1.807) is 6.92 Å². The molecule has 0 aliphatic rings. The Hall–Kier alpha value is -1.80. The molecule has 94 valence electrons. The van der Waals surface area contributed by atoms with E-state index < -0.39 is 6.10 Å². The van der Waals surface area contributed by atoms with Gasteiger partial charge in [0, 0.05) is 5.56 Å². The molecule has 0 amide bonds. The van der Waals surface area contributed by atoms with Crippen LogP contribution in [-0.2, 0) is 0 Å². The fourth-order valence-corrected chi connectivity index (χ4v) is 1.95. The van der Waals surface area contributed by atoms with E-state index in [1.165, 1.54) is 5.56 Å². The van der Waals surface area contributed by atoms with E-state index >= 15 is 0 Å². The Morgan fingerprint density at radius 2 is 1.72 bits per heavy atom. The van der Waals surface area contributed by atoms with Crippen LogP contribution in [0, 0.1) is 13.8 Å². The number of aliphatic hydroxyl groups is 1. The highest BCUT2D eigenvalue weighted by atomic mass is 16.5. The van der Waals surface area contributed by atoms with Gasteiger partial charge in [0.15, 0.2) is 0 Å². The molecule has 0 saturated heterocycles. The Morgan fingerprint density at radius 1 is 1.00 bits per heavy atom. The molecule has 0 saturated carbocycles. The zero-order valence-electron chi connectivity index (χ0n) is 11.0. The average Bonchev–Trinajstić information content (AvgIpc) is 2.33. The van der Waals surface area contributed by atoms with Crippen LogP contribution in [0.4, 0.5) is 0 Å². The first kappa shape index (κ1) is 12.7. The van der Waals surface area contributed by atoms with Crippen molar-refractivity contribution in [1.29, 1.82) is 0 Å². The second-order valence-corrected chi connectivity index (χ2v) is 4.58. The van der Waals surface area contributed by atoms with Crippen molar-refractivity contribution in [2.45, 2.75) is 26.9 Å². The molecule has 0 aliphatic carbocycles. The zero-order chi connectivity index (χ0) is 13.1. The molecule has 2 aromatic rings. The molecule has 0 fully saturated rings. The van der Waals surface area contributed by atoms with E-state index in [-0.39, 0.29) is 0 Å². The lowest BCUT2D eigenvalue weighted by Crippen LogP contribution is -1.96. The number of ether oxygens (including phenoxy) is 1. The summed E-state index contributed by atoms with van der Waals surface area (Å²) in [5.41, 5.74) is 3.11. The van der Waals surface area contributed by atoms with Gasteiger partial charge in [0.1, 0.15) is 11.5 Å². The molecule has 0 aromatic heterocycles. The number of benzene rings is 2. The van der Waals surface area contributed by atoms with E-state index in [2.05, 4.69) is 13.0 Å². The SMILES string of the molecule is Cc1ccc(Oc2ccccc2[C@@H](C)O)c(C)c1. The van der Waals surface area contributed by atoms with Crippen LogP contribution in [0.5, 0.6) is 11.5 Å². The third-order valence-corrected chi connectivity index (χ3v) is 2.92. The van der Waals surface area contributed by atoms with Crippen LogP contribution in [0.15, 0.2) is 42.5 Å². The van der Waals surface area contributed by atoms with Crippen molar-refractivity contribution in [2.75, 3.05) is 0 Å². The van der Waals surface area contributed by atoms with Crippen LogP contribution in [0.2, 0.25) is 0 Å². The number of rotatable bonds is 3.